The molecule has 0 radical (unpaired) electrons. The average molecular weight is 356 g/mol. The van der Waals surface area contributed by atoms with Crippen LogP contribution in [0.5, 0.6) is 11.5 Å². The predicted octanol–water partition coefficient (Wildman–Crippen LogP) is 3.18. The lowest BCUT2D eigenvalue weighted by atomic mass is 10.2. The zero-order chi connectivity index (χ0) is 17.8. The molecule has 1 N–H and O–H groups in total. The van der Waals surface area contributed by atoms with Gasteiger partial charge >= 0.3 is 0 Å². The monoisotopic (exact) mass is 356 g/mol. The molecule has 0 aliphatic carbocycles. The summed E-state index contributed by atoms with van der Waals surface area (Å²) in [6, 6.07) is 6.90. The van der Waals surface area contributed by atoms with Crippen molar-refractivity contribution < 1.29 is 14.3 Å². The Kier molecular flexibility index (Phi) is 4.90. The van der Waals surface area contributed by atoms with E-state index < -0.39 is 0 Å². The SMILES string of the molecule is COc1cc(NC(=O)c2sc(-c3ncccn3)nc2C)cc(OC)c1. The van der Waals surface area contributed by atoms with Crippen molar-refractivity contribution in [2.24, 2.45) is 0 Å². The van der Waals surface area contributed by atoms with E-state index in [0.29, 0.717) is 38.6 Å². The molecule has 0 saturated heterocycles. The Morgan fingerprint density at radius 1 is 1.08 bits per heavy atom. The second kappa shape index (κ2) is 7.27. The summed E-state index contributed by atoms with van der Waals surface area (Å²) in [6.07, 6.45) is 3.28. The minimum Gasteiger partial charge on any atom is -0.497 e. The molecule has 0 unspecified atom stereocenters. The zero-order valence-electron chi connectivity index (χ0n) is 13.9. The van der Waals surface area contributed by atoms with Crippen molar-refractivity contribution in [2.75, 3.05) is 19.5 Å². The van der Waals surface area contributed by atoms with Gasteiger partial charge in [-0.25, -0.2) is 15.0 Å². The van der Waals surface area contributed by atoms with Gasteiger partial charge < -0.3 is 14.8 Å². The lowest BCUT2D eigenvalue weighted by Gasteiger charge is -2.09. The van der Waals surface area contributed by atoms with E-state index in [1.807, 2.05) is 0 Å². The van der Waals surface area contributed by atoms with Gasteiger partial charge in [-0.1, -0.05) is 0 Å². The van der Waals surface area contributed by atoms with E-state index in [4.69, 9.17) is 9.47 Å². The first-order chi connectivity index (χ1) is 12.1. The number of aryl methyl sites for hydroxylation is 1. The number of carbonyl (C=O) groups excluding carboxylic acids is 1. The van der Waals surface area contributed by atoms with Crippen molar-refractivity contribution in [3.63, 3.8) is 0 Å². The number of thiazole rings is 1. The number of ether oxygens (including phenoxy) is 2. The number of hydrogen-bond donors (Lipinski definition) is 1. The molecule has 0 saturated carbocycles. The van der Waals surface area contributed by atoms with Crippen LogP contribution in [0.1, 0.15) is 15.4 Å². The van der Waals surface area contributed by atoms with Gasteiger partial charge in [0.15, 0.2) is 10.8 Å². The summed E-state index contributed by atoms with van der Waals surface area (Å²) in [5.41, 5.74) is 1.20. The van der Waals surface area contributed by atoms with Crippen LogP contribution in [0.25, 0.3) is 10.8 Å². The Morgan fingerprint density at radius 3 is 2.32 bits per heavy atom. The highest BCUT2D eigenvalue weighted by Gasteiger charge is 2.18. The molecule has 2 aromatic heterocycles. The minimum absolute atomic E-state index is 0.257. The number of aromatic nitrogens is 3. The van der Waals surface area contributed by atoms with Gasteiger partial charge in [-0.2, -0.15) is 0 Å². The first-order valence-electron chi connectivity index (χ1n) is 7.40. The first kappa shape index (κ1) is 16.8. The van der Waals surface area contributed by atoms with Crippen LogP contribution in [0.3, 0.4) is 0 Å². The summed E-state index contributed by atoms with van der Waals surface area (Å²) in [4.78, 5) is 25.8. The van der Waals surface area contributed by atoms with E-state index in [1.54, 1.807) is 57.8 Å². The third kappa shape index (κ3) is 3.74. The van der Waals surface area contributed by atoms with Gasteiger partial charge in [0.1, 0.15) is 16.4 Å². The van der Waals surface area contributed by atoms with Crippen molar-refractivity contribution in [2.45, 2.75) is 6.92 Å². The summed E-state index contributed by atoms with van der Waals surface area (Å²) < 4.78 is 10.4. The summed E-state index contributed by atoms with van der Waals surface area (Å²) >= 11 is 1.25. The van der Waals surface area contributed by atoms with Crippen molar-refractivity contribution in [3.05, 3.63) is 47.2 Å². The van der Waals surface area contributed by atoms with Gasteiger partial charge in [-0.15, -0.1) is 11.3 Å². The Labute approximate surface area is 148 Å². The van der Waals surface area contributed by atoms with E-state index in [2.05, 4.69) is 20.3 Å². The summed E-state index contributed by atoms with van der Waals surface area (Å²) in [5.74, 6) is 1.42. The van der Waals surface area contributed by atoms with Gasteiger partial charge in [0.25, 0.3) is 5.91 Å². The lowest BCUT2D eigenvalue weighted by molar-refractivity contribution is 0.103. The van der Waals surface area contributed by atoms with Crippen LogP contribution in [0.2, 0.25) is 0 Å². The van der Waals surface area contributed by atoms with Crippen LogP contribution in [-0.2, 0) is 0 Å². The smallest absolute Gasteiger partial charge is 0.267 e. The molecule has 25 heavy (non-hydrogen) atoms. The van der Waals surface area contributed by atoms with E-state index in [-0.39, 0.29) is 5.91 Å². The van der Waals surface area contributed by atoms with Crippen LogP contribution in [0.4, 0.5) is 5.69 Å². The molecular formula is C17H16N4O3S. The second-order valence-corrected chi connectivity index (χ2v) is 6.06. The average Bonchev–Trinajstić information content (AvgIpc) is 3.04. The molecule has 1 aromatic carbocycles. The molecule has 3 aromatic rings. The highest BCUT2D eigenvalue weighted by molar-refractivity contribution is 7.17. The third-order valence-corrected chi connectivity index (χ3v) is 4.52. The standard InChI is InChI=1S/C17H16N4O3S/c1-10-14(25-17(20-10)15-18-5-4-6-19-15)16(22)21-11-7-12(23-2)9-13(8-11)24-3/h4-9H,1-3H3,(H,21,22). The molecule has 7 nitrogen and oxygen atoms in total. The van der Waals surface area contributed by atoms with E-state index in [1.165, 1.54) is 11.3 Å². The molecule has 0 bridgehead atoms. The van der Waals surface area contributed by atoms with Crippen LogP contribution >= 0.6 is 11.3 Å². The lowest BCUT2D eigenvalue weighted by Crippen LogP contribution is -2.11. The quantitative estimate of drug-likeness (QED) is 0.756. The third-order valence-electron chi connectivity index (χ3n) is 3.37. The number of carbonyl (C=O) groups is 1. The maximum atomic E-state index is 12.6. The molecule has 2 heterocycles. The molecule has 0 spiro atoms. The second-order valence-electron chi connectivity index (χ2n) is 5.06. The molecule has 0 fully saturated rings. The van der Waals surface area contributed by atoms with Gasteiger partial charge in [-0.3, -0.25) is 4.79 Å². The van der Waals surface area contributed by atoms with Crippen molar-refractivity contribution in [3.8, 4) is 22.3 Å². The van der Waals surface area contributed by atoms with Crippen LogP contribution in [-0.4, -0.2) is 35.1 Å². The van der Waals surface area contributed by atoms with Gasteiger partial charge in [-0.05, 0) is 13.0 Å². The number of hydrogen-bond acceptors (Lipinski definition) is 7. The molecule has 1 amide bonds. The molecular weight excluding hydrogens is 340 g/mol. The maximum Gasteiger partial charge on any atom is 0.267 e. The molecule has 0 aliphatic heterocycles. The summed E-state index contributed by atoms with van der Waals surface area (Å²) in [5, 5.41) is 3.45. The Morgan fingerprint density at radius 2 is 1.72 bits per heavy atom. The zero-order valence-corrected chi connectivity index (χ0v) is 14.8. The van der Waals surface area contributed by atoms with Crippen molar-refractivity contribution in [1.82, 2.24) is 15.0 Å². The Bertz CT molecular complexity index is 874. The van der Waals surface area contributed by atoms with Crippen molar-refractivity contribution in [1.29, 1.82) is 0 Å². The number of nitrogens with one attached hydrogen (secondary N) is 1. The molecule has 0 aliphatic rings. The topological polar surface area (TPSA) is 86.2 Å². The normalized spacial score (nSPS) is 10.4. The highest BCUT2D eigenvalue weighted by atomic mass is 32.1. The van der Waals surface area contributed by atoms with Crippen LogP contribution < -0.4 is 14.8 Å². The molecule has 0 atom stereocenters. The highest BCUT2D eigenvalue weighted by Crippen LogP contribution is 2.29. The first-order valence-corrected chi connectivity index (χ1v) is 8.21. The number of anilines is 1. The van der Waals surface area contributed by atoms with Gasteiger partial charge in [0.05, 0.1) is 19.9 Å². The minimum atomic E-state index is -0.257. The number of rotatable bonds is 5. The van der Waals surface area contributed by atoms with Crippen LogP contribution in [0.15, 0.2) is 36.7 Å². The van der Waals surface area contributed by atoms with Gasteiger partial charge in [0.2, 0.25) is 0 Å². The number of nitrogens with zero attached hydrogens (tertiary/aromatic N) is 3. The summed E-state index contributed by atoms with van der Waals surface area (Å²) in [7, 11) is 3.11. The fourth-order valence-corrected chi connectivity index (χ4v) is 3.09. The maximum absolute atomic E-state index is 12.6. The largest absolute Gasteiger partial charge is 0.497 e. The Hall–Kier alpha value is -3.00. The Balaban J connectivity index is 1.86. The van der Waals surface area contributed by atoms with E-state index in [0.717, 1.165) is 0 Å². The number of methoxy groups -OCH3 is 2. The molecule has 3 rings (SSSR count). The fourth-order valence-electron chi connectivity index (χ4n) is 2.18. The molecule has 128 valence electrons. The predicted molar refractivity (Wildman–Crippen MR) is 95.4 cm³/mol. The van der Waals surface area contributed by atoms with E-state index >= 15 is 0 Å². The molecule has 8 heteroatoms. The fraction of sp³-hybridized carbons (Fsp3) is 0.176. The van der Waals surface area contributed by atoms with Crippen LogP contribution in [0, 0.1) is 6.92 Å². The number of benzene rings is 1. The summed E-state index contributed by atoms with van der Waals surface area (Å²) in [6.45, 7) is 1.78. The van der Waals surface area contributed by atoms with E-state index in [9.17, 15) is 4.79 Å². The van der Waals surface area contributed by atoms with Crippen molar-refractivity contribution >= 4 is 22.9 Å². The number of amides is 1. The van der Waals surface area contributed by atoms with Gasteiger partial charge in [0, 0.05) is 36.3 Å².